The molecule has 1 amide bonds. The van der Waals surface area contributed by atoms with Crippen LogP contribution in [0.1, 0.15) is 34.6 Å². The van der Waals surface area contributed by atoms with Crippen LogP contribution in [0.4, 0.5) is 11.8 Å². The Bertz CT molecular complexity index is 1430. The highest BCUT2D eigenvalue weighted by atomic mass is 35.5. The molecule has 234 valence electrons. The van der Waals surface area contributed by atoms with E-state index in [9.17, 15) is 19.7 Å². The Hall–Kier alpha value is -4.83. The maximum absolute atomic E-state index is 13.2. The van der Waals surface area contributed by atoms with Gasteiger partial charge in [0.15, 0.2) is 0 Å². The van der Waals surface area contributed by atoms with Crippen LogP contribution in [-0.2, 0) is 32.2 Å². The van der Waals surface area contributed by atoms with Gasteiger partial charge < -0.3 is 34.6 Å². The van der Waals surface area contributed by atoms with Gasteiger partial charge in [0, 0.05) is 31.7 Å². The van der Waals surface area contributed by atoms with Gasteiger partial charge in [-0.1, -0.05) is 17.7 Å². The second-order valence-electron chi connectivity index (χ2n) is 9.38. The van der Waals surface area contributed by atoms with E-state index in [1.54, 1.807) is 30.6 Å². The number of carbonyl (C=O) groups excluding carboxylic acids is 2. The molecule has 0 spiro atoms. The summed E-state index contributed by atoms with van der Waals surface area (Å²) in [7, 11) is 1.53. The van der Waals surface area contributed by atoms with Crippen LogP contribution in [0.3, 0.4) is 0 Å². The molecule has 17 heteroatoms. The molecule has 0 saturated carbocycles. The van der Waals surface area contributed by atoms with Gasteiger partial charge >= 0.3 is 5.97 Å². The topological polar surface area (TPSA) is 193 Å². The van der Waals surface area contributed by atoms with E-state index < -0.39 is 17.0 Å². The number of benzene rings is 1. The predicted molar refractivity (Wildman–Crippen MR) is 156 cm³/mol. The Kier molecular flexibility index (Phi) is 11.8. The molecule has 1 atom stereocenters. The molecular formula is C27H31ClN8O8. The molecule has 1 aliphatic rings. The Morgan fingerprint density at radius 1 is 1.18 bits per heavy atom. The van der Waals surface area contributed by atoms with Crippen molar-refractivity contribution in [3.05, 3.63) is 74.9 Å². The van der Waals surface area contributed by atoms with Gasteiger partial charge in [-0.05, 0) is 36.6 Å². The highest BCUT2D eigenvalue weighted by Crippen LogP contribution is 2.27. The maximum atomic E-state index is 13.2. The minimum Gasteiger partial charge on any atom is -0.495 e. The zero-order valence-corrected chi connectivity index (χ0v) is 24.6. The fourth-order valence-electron chi connectivity index (χ4n) is 4.32. The number of esters is 1. The van der Waals surface area contributed by atoms with E-state index in [-0.39, 0.29) is 44.6 Å². The first-order chi connectivity index (χ1) is 21.3. The van der Waals surface area contributed by atoms with Crippen molar-refractivity contribution in [1.29, 1.82) is 0 Å². The first-order valence-corrected chi connectivity index (χ1v) is 14.0. The summed E-state index contributed by atoms with van der Waals surface area (Å²) in [6.07, 6.45) is 6.15. The van der Waals surface area contributed by atoms with Gasteiger partial charge in [-0.15, -0.1) is 10.1 Å². The number of nitrogens with zero attached hydrogens (tertiary/aromatic N) is 6. The summed E-state index contributed by atoms with van der Waals surface area (Å²) in [4.78, 5) is 58.9. The Morgan fingerprint density at radius 2 is 2.00 bits per heavy atom. The molecule has 3 heterocycles. The molecule has 16 nitrogen and oxygen atoms in total. The third-order valence-electron chi connectivity index (χ3n) is 6.44. The largest absolute Gasteiger partial charge is 0.495 e. The molecule has 4 rings (SSSR count). The molecule has 3 aromatic rings. The van der Waals surface area contributed by atoms with Gasteiger partial charge in [-0.3, -0.25) is 4.79 Å². The van der Waals surface area contributed by atoms with Gasteiger partial charge in [0.25, 0.3) is 11.0 Å². The number of rotatable bonds is 16. The number of carbonyl (C=O) groups is 2. The zero-order chi connectivity index (χ0) is 31.3. The molecule has 1 unspecified atom stereocenters. The van der Waals surface area contributed by atoms with Gasteiger partial charge in [0.2, 0.25) is 5.95 Å². The van der Waals surface area contributed by atoms with E-state index in [1.807, 2.05) is 11.0 Å². The monoisotopic (exact) mass is 630 g/mol. The van der Waals surface area contributed by atoms with E-state index in [0.29, 0.717) is 41.5 Å². The summed E-state index contributed by atoms with van der Waals surface area (Å²) in [5, 5.41) is 15.7. The lowest BCUT2D eigenvalue weighted by atomic mass is 10.2. The van der Waals surface area contributed by atoms with Gasteiger partial charge in [-0.25, -0.2) is 19.7 Å². The fourth-order valence-corrected chi connectivity index (χ4v) is 4.60. The number of hydrogen-bond donors (Lipinski definition) is 2. The van der Waals surface area contributed by atoms with Crippen LogP contribution in [0.25, 0.3) is 0 Å². The third kappa shape index (κ3) is 9.34. The smallest absolute Gasteiger partial charge is 0.332 e. The van der Waals surface area contributed by atoms with Crippen molar-refractivity contribution in [3.63, 3.8) is 0 Å². The second kappa shape index (κ2) is 16.1. The summed E-state index contributed by atoms with van der Waals surface area (Å²) < 4.78 is 15.6. The van der Waals surface area contributed by atoms with E-state index in [0.717, 1.165) is 18.4 Å². The quantitative estimate of drug-likeness (QED) is 0.101. The van der Waals surface area contributed by atoms with Gasteiger partial charge in [-0.2, -0.15) is 4.98 Å². The van der Waals surface area contributed by atoms with Crippen LogP contribution in [0, 0.1) is 10.1 Å². The summed E-state index contributed by atoms with van der Waals surface area (Å²) >= 11 is 6.29. The molecule has 1 aliphatic heterocycles. The van der Waals surface area contributed by atoms with E-state index in [1.165, 1.54) is 13.3 Å². The van der Waals surface area contributed by atoms with Crippen molar-refractivity contribution in [2.24, 2.45) is 0 Å². The highest BCUT2D eigenvalue weighted by Gasteiger charge is 2.29. The lowest BCUT2D eigenvalue weighted by Crippen LogP contribution is -2.36. The van der Waals surface area contributed by atoms with Crippen LogP contribution in [0.5, 0.6) is 5.75 Å². The van der Waals surface area contributed by atoms with Crippen molar-refractivity contribution in [1.82, 2.24) is 25.3 Å². The van der Waals surface area contributed by atoms with Crippen LogP contribution in [0.2, 0.25) is 5.02 Å². The van der Waals surface area contributed by atoms with Crippen LogP contribution in [-0.4, -0.2) is 83.0 Å². The van der Waals surface area contributed by atoms with E-state index in [2.05, 4.69) is 35.4 Å². The summed E-state index contributed by atoms with van der Waals surface area (Å²) in [5.74, 6) is 0.601. The van der Waals surface area contributed by atoms with Crippen molar-refractivity contribution in [2.75, 3.05) is 50.3 Å². The van der Waals surface area contributed by atoms with E-state index in [4.69, 9.17) is 25.8 Å². The molecule has 0 aliphatic carbocycles. The number of anilines is 2. The summed E-state index contributed by atoms with van der Waals surface area (Å²) in [6, 6.07) is 6.82. The Balaban J connectivity index is 1.44. The minimum absolute atomic E-state index is 0.0589. The zero-order valence-electron chi connectivity index (χ0n) is 23.8. The SMILES string of the molecule is COc1ccc(CNc2nc(N3CCCC3COC(=O)COCCO[N+](=O)[O-])ncc2C(=O)NCc2ncccn2)cc1Cl. The van der Waals surface area contributed by atoms with Crippen LogP contribution < -0.4 is 20.3 Å². The molecule has 0 bridgehead atoms. The van der Waals surface area contributed by atoms with Crippen LogP contribution >= 0.6 is 11.6 Å². The minimum atomic E-state index is -0.938. The Labute approximate surface area is 257 Å². The predicted octanol–water partition coefficient (Wildman–Crippen LogP) is 2.21. The van der Waals surface area contributed by atoms with Crippen molar-refractivity contribution >= 4 is 35.2 Å². The number of methoxy groups -OCH3 is 1. The molecular weight excluding hydrogens is 600 g/mol. The first kappa shape index (κ1) is 32.1. The van der Waals surface area contributed by atoms with Crippen LogP contribution in [0.15, 0.2) is 42.9 Å². The van der Waals surface area contributed by atoms with Gasteiger partial charge in [0.1, 0.15) is 42.8 Å². The third-order valence-corrected chi connectivity index (χ3v) is 6.73. The fraction of sp³-hybridized carbons (Fsp3) is 0.407. The van der Waals surface area contributed by atoms with Crippen molar-refractivity contribution in [3.8, 4) is 5.75 Å². The lowest BCUT2D eigenvalue weighted by molar-refractivity contribution is -0.758. The average molecular weight is 631 g/mol. The summed E-state index contributed by atoms with van der Waals surface area (Å²) in [6.45, 7) is 0.299. The highest BCUT2D eigenvalue weighted by molar-refractivity contribution is 6.32. The second-order valence-corrected chi connectivity index (χ2v) is 9.79. The van der Waals surface area contributed by atoms with Crippen molar-refractivity contribution in [2.45, 2.75) is 32.0 Å². The molecule has 2 aromatic heterocycles. The molecule has 0 radical (unpaired) electrons. The lowest BCUT2D eigenvalue weighted by Gasteiger charge is -2.25. The first-order valence-electron chi connectivity index (χ1n) is 13.6. The Morgan fingerprint density at radius 3 is 2.75 bits per heavy atom. The average Bonchev–Trinajstić information content (AvgIpc) is 3.50. The summed E-state index contributed by atoms with van der Waals surface area (Å²) in [5.41, 5.74) is 1.04. The number of amides is 1. The molecule has 1 aromatic carbocycles. The molecule has 2 N–H and O–H groups in total. The maximum Gasteiger partial charge on any atom is 0.332 e. The number of hydrogen-bond acceptors (Lipinski definition) is 14. The molecule has 44 heavy (non-hydrogen) atoms. The number of halogens is 1. The number of ether oxygens (including phenoxy) is 3. The standard InChI is InChI=1S/C27H31ClN8O8/c1-41-22-6-5-18(12-21(22)28)13-31-25-20(26(38)32-15-23-29-7-3-8-30-23)14-33-27(34-25)35-9-2-4-19(35)16-43-24(37)17-42-10-11-44-36(39)40/h3,5-8,12,14,19H,2,4,9-11,13,15-17H2,1H3,(H,32,38)(H,31,33,34). The number of nitrogens with one attached hydrogen (secondary N) is 2. The van der Waals surface area contributed by atoms with Crippen molar-refractivity contribution < 1.29 is 33.7 Å². The molecule has 1 fully saturated rings. The van der Waals surface area contributed by atoms with Gasteiger partial charge in [0.05, 0.1) is 31.3 Å². The number of aromatic nitrogens is 4. The normalized spacial score (nSPS) is 14.1. The van der Waals surface area contributed by atoms with E-state index >= 15 is 0 Å². The molecule has 1 saturated heterocycles.